The lowest BCUT2D eigenvalue weighted by atomic mass is 9.96. The summed E-state index contributed by atoms with van der Waals surface area (Å²) >= 11 is 1.04. The first-order valence-electron chi connectivity index (χ1n) is 13.9. The van der Waals surface area contributed by atoms with Crippen LogP contribution in [0, 0.1) is 0 Å². The number of rotatable bonds is 4. The predicted octanol–water partition coefficient (Wildman–Crippen LogP) is 7.55. The van der Waals surface area contributed by atoms with E-state index in [1.165, 1.54) is 6.20 Å². The molecule has 2 aliphatic heterocycles. The van der Waals surface area contributed by atoms with Crippen LogP contribution < -0.4 is 4.90 Å². The molecule has 2 N–H and O–H groups in total. The third kappa shape index (κ3) is 6.04. The summed E-state index contributed by atoms with van der Waals surface area (Å²) in [7, 11) is 0. The summed E-state index contributed by atoms with van der Waals surface area (Å²) < 4.78 is 87.8. The Morgan fingerprint density at radius 3 is 2.44 bits per heavy atom. The highest BCUT2D eigenvalue weighted by Crippen LogP contribution is 2.45. The Labute approximate surface area is 256 Å². The Hall–Kier alpha value is -4.27. The van der Waals surface area contributed by atoms with Crippen LogP contribution in [0.2, 0.25) is 0 Å². The minimum Gasteiger partial charge on any atom is -0.492 e. The number of anilines is 1. The molecule has 2 fully saturated rings. The number of nitrogens with one attached hydrogen (secondary N) is 1. The topological polar surface area (TPSA) is 94.6 Å². The second-order valence-electron chi connectivity index (χ2n) is 12.0. The molecule has 1 amide bonds. The summed E-state index contributed by atoms with van der Waals surface area (Å²) in [6, 6.07) is 6.09. The van der Waals surface area contributed by atoms with Gasteiger partial charge in [-0.25, -0.2) is 4.79 Å². The average molecular weight is 652 g/mol. The molecule has 0 spiro atoms. The molecule has 2 saturated heterocycles. The number of carbonyl (C=O) groups excluding carboxylic acids is 1. The van der Waals surface area contributed by atoms with Crippen LogP contribution >= 0.6 is 11.3 Å². The molecular weight excluding hydrogens is 624 g/mol. The highest BCUT2D eigenvalue weighted by Gasteiger charge is 2.47. The summed E-state index contributed by atoms with van der Waals surface area (Å²) in [4.78, 5) is 20.8. The Morgan fingerprint density at radius 1 is 1.04 bits per heavy atom. The van der Waals surface area contributed by atoms with Crippen LogP contribution in [-0.2, 0) is 17.1 Å². The van der Waals surface area contributed by atoms with E-state index in [0.29, 0.717) is 47.2 Å². The molecule has 2 atom stereocenters. The predicted molar refractivity (Wildman–Crippen MR) is 156 cm³/mol. The molecule has 238 valence electrons. The van der Waals surface area contributed by atoms with E-state index in [1.807, 2.05) is 4.90 Å². The van der Waals surface area contributed by atoms with Gasteiger partial charge in [0.2, 0.25) is 5.88 Å². The minimum atomic E-state index is -5.09. The van der Waals surface area contributed by atoms with Gasteiger partial charge < -0.3 is 19.6 Å². The number of ether oxygens (including phenoxy) is 1. The number of benzene rings is 2. The quantitative estimate of drug-likeness (QED) is 0.175. The average Bonchev–Trinajstić information content (AvgIpc) is 3.73. The standard InChI is InChI=1S/C30H27F6N5O3S/c1-28(2,3)44-27(43)41-14-19-11-20(41)13-40(19)26-38-25(42)24(45-26)21(15-5-7-23-17(8-15)12-37-39-23)9-16-4-6-18(29(31,32)33)10-22(16)30(34,35)36/h4-10,12,19-20,42H,11,13-14H2,1-3H3,(H,37,39). The van der Waals surface area contributed by atoms with Gasteiger partial charge in [-0.2, -0.15) is 36.4 Å². The molecule has 0 aliphatic carbocycles. The highest BCUT2D eigenvalue weighted by molar-refractivity contribution is 7.17. The summed E-state index contributed by atoms with van der Waals surface area (Å²) in [5.41, 5.74) is -2.90. The van der Waals surface area contributed by atoms with E-state index < -0.39 is 46.6 Å². The van der Waals surface area contributed by atoms with Crippen molar-refractivity contribution in [2.24, 2.45) is 0 Å². The molecule has 2 bridgehead atoms. The van der Waals surface area contributed by atoms with E-state index in [-0.39, 0.29) is 28.6 Å². The minimum absolute atomic E-state index is 0.0814. The van der Waals surface area contributed by atoms with Crippen LogP contribution in [0.25, 0.3) is 22.6 Å². The number of aromatic amines is 1. The van der Waals surface area contributed by atoms with E-state index in [1.54, 1.807) is 43.9 Å². The lowest BCUT2D eigenvalue weighted by Crippen LogP contribution is -2.50. The van der Waals surface area contributed by atoms with Crippen molar-refractivity contribution in [3.05, 3.63) is 69.7 Å². The zero-order valence-corrected chi connectivity index (χ0v) is 24.9. The first kappa shape index (κ1) is 30.7. The maximum absolute atomic E-state index is 14.1. The molecule has 6 rings (SSSR count). The van der Waals surface area contributed by atoms with Crippen molar-refractivity contribution in [3.8, 4) is 5.88 Å². The summed E-state index contributed by atoms with van der Waals surface area (Å²) in [6.45, 7) is 6.12. The monoisotopic (exact) mass is 651 g/mol. The Morgan fingerprint density at radius 2 is 1.80 bits per heavy atom. The van der Waals surface area contributed by atoms with Gasteiger partial charge in [0.15, 0.2) is 5.13 Å². The second kappa shape index (κ2) is 10.7. The number of thiazole rings is 1. The van der Waals surface area contributed by atoms with Crippen molar-refractivity contribution in [1.82, 2.24) is 20.1 Å². The third-order valence-corrected chi connectivity index (χ3v) is 8.81. The molecule has 0 radical (unpaired) electrons. The van der Waals surface area contributed by atoms with Gasteiger partial charge in [-0.3, -0.25) is 5.10 Å². The van der Waals surface area contributed by atoms with Gasteiger partial charge in [-0.1, -0.05) is 23.5 Å². The summed E-state index contributed by atoms with van der Waals surface area (Å²) in [6.07, 6.45) is -7.21. The van der Waals surface area contributed by atoms with Crippen molar-refractivity contribution < 1.29 is 41.0 Å². The van der Waals surface area contributed by atoms with Crippen molar-refractivity contribution >= 4 is 45.1 Å². The van der Waals surface area contributed by atoms with Crippen molar-refractivity contribution in [2.75, 3.05) is 18.0 Å². The smallest absolute Gasteiger partial charge is 0.417 e. The maximum Gasteiger partial charge on any atom is 0.417 e. The van der Waals surface area contributed by atoms with E-state index >= 15 is 0 Å². The van der Waals surface area contributed by atoms with Crippen LogP contribution in [-0.4, -0.2) is 62.1 Å². The summed E-state index contributed by atoms with van der Waals surface area (Å²) in [5.74, 6) is -0.444. The van der Waals surface area contributed by atoms with Crippen LogP contribution in [0.3, 0.4) is 0 Å². The van der Waals surface area contributed by atoms with Gasteiger partial charge in [-0.15, -0.1) is 0 Å². The first-order valence-corrected chi connectivity index (χ1v) is 14.7. The Balaban J connectivity index is 1.40. The van der Waals surface area contributed by atoms with E-state index in [0.717, 1.165) is 23.5 Å². The van der Waals surface area contributed by atoms with Crippen molar-refractivity contribution in [1.29, 1.82) is 0 Å². The van der Waals surface area contributed by atoms with Crippen molar-refractivity contribution in [3.63, 3.8) is 0 Å². The number of amides is 1. The number of carbonyl (C=O) groups is 1. The molecule has 0 saturated carbocycles. The number of fused-ring (bicyclic) bond motifs is 3. The van der Waals surface area contributed by atoms with Gasteiger partial charge in [-0.05, 0) is 68.7 Å². The molecule has 4 heterocycles. The van der Waals surface area contributed by atoms with Crippen LogP contribution in [0.15, 0.2) is 42.6 Å². The first-order chi connectivity index (χ1) is 21.0. The molecule has 2 unspecified atom stereocenters. The van der Waals surface area contributed by atoms with Gasteiger partial charge in [0, 0.05) is 24.0 Å². The van der Waals surface area contributed by atoms with E-state index in [2.05, 4.69) is 15.2 Å². The fourth-order valence-electron chi connectivity index (χ4n) is 5.69. The van der Waals surface area contributed by atoms with Gasteiger partial charge in [0.25, 0.3) is 0 Å². The normalized spacial score (nSPS) is 19.2. The summed E-state index contributed by atoms with van der Waals surface area (Å²) in [5, 5.41) is 18.8. The number of likely N-dealkylation sites (tertiary alicyclic amines) is 1. The lowest BCUT2D eigenvalue weighted by molar-refractivity contribution is -0.143. The largest absolute Gasteiger partial charge is 0.492 e. The number of aromatic hydroxyl groups is 1. The number of nitrogens with zero attached hydrogens (tertiary/aromatic N) is 4. The van der Waals surface area contributed by atoms with Crippen LogP contribution in [0.4, 0.5) is 36.3 Å². The number of alkyl halides is 6. The fourth-order valence-corrected chi connectivity index (χ4v) is 6.77. The number of halogens is 6. The number of H-pyrrole nitrogens is 1. The van der Waals surface area contributed by atoms with Crippen LogP contribution in [0.1, 0.15) is 54.3 Å². The second-order valence-corrected chi connectivity index (χ2v) is 13.0. The molecule has 8 nitrogen and oxygen atoms in total. The zero-order chi connectivity index (χ0) is 32.5. The van der Waals surface area contributed by atoms with Crippen LogP contribution in [0.5, 0.6) is 5.88 Å². The maximum atomic E-state index is 14.1. The molecule has 2 aromatic carbocycles. The van der Waals surface area contributed by atoms with Crippen molar-refractivity contribution in [2.45, 2.75) is 57.2 Å². The third-order valence-electron chi connectivity index (χ3n) is 7.69. The van der Waals surface area contributed by atoms with Gasteiger partial charge in [0.1, 0.15) is 10.5 Å². The molecular formula is C30H27F6N5O3S. The lowest BCUT2D eigenvalue weighted by Gasteiger charge is -2.35. The zero-order valence-electron chi connectivity index (χ0n) is 24.1. The molecule has 45 heavy (non-hydrogen) atoms. The SMILES string of the molecule is CC(C)(C)OC(=O)N1CC2CC1CN2c1nc(O)c(C(=Cc2ccc(C(F)(F)F)cc2C(F)(F)F)c2ccc3[nH]ncc3c2)s1. The molecule has 15 heteroatoms. The Bertz CT molecular complexity index is 1810. The van der Waals surface area contributed by atoms with Gasteiger partial charge in [0.05, 0.1) is 34.9 Å². The fraction of sp³-hybridized carbons (Fsp3) is 0.367. The highest BCUT2D eigenvalue weighted by atomic mass is 32.1. The van der Waals surface area contributed by atoms with E-state index in [4.69, 9.17) is 4.74 Å². The number of hydrogen-bond donors (Lipinski definition) is 2. The number of piperazine rings is 1. The Kier molecular flexibility index (Phi) is 7.29. The molecule has 2 aromatic heterocycles. The van der Waals surface area contributed by atoms with E-state index in [9.17, 15) is 36.2 Å². The number of hydrogen-bond acceptors (Lipinski definition) is 7. The molecule has 2 aliphatic rings. The number of aromatic nitrogens is 3. The molecule has 4 aromatic rings. The van der Waals surface area contributed by atoms with Gasteiger partial charge >= 0.3 is 18.4 Å².